The van der Waals surface area contributed by atoms with E-state index in [1.165, 1.54) is 0 Å². The van der Waals surface area contributed by atoms with E-state index in [9.17, 15) is 0 Å². The Morgan fingerprint density at radius 1 is 0.195 bits per heavy atom. The second-order valence-corrected chi connectivity index (χ2v) is 7.63. The SMILES string of the molecule is O=[Si](O)O.O=[Si](O)O.O=[Si](O)O.O=[Si](O)O.O=[Si](O)O.O=[Si](O)O.O=[Si](O)O.O=[Si](O)O.O=[Si](O)O.[H-].[H-].[H-].[H-].[H-].[Na+].[Na+].[Na+].[Na+].[Na+]. The molecule has 41 heavy (non-hydrogen) atoms. The Morgan fingerprint density at radius 2 is 0.195 bits per heavy atom. The monoisotopic (exact) mass is 822 g/mol. The second kappa shape index (κ2) is 83.8. The molecule has 18 N–H and O–H groups in total. The molecule has 0 spiro atoms. The van der Waals surface area contributed by atoms with Crippen molar-refractivity contribution in [3.05, 3.63) is 0 Å². The number of rotatable bonds is 0. The average molecular weight is 823 g/mol. The van der Waals surface area contributed by atoms with Gasteiger partial charge in [0.15, 0.2) is 0 Å². The van der Waals surface area contributed by atoms with E-state index in [-0.39, 0.29) is 155 Å². The summed E-state index contributed by atoms with van der Waals surface area (Å²) >= 11 is 0. The summed E-state index contributed by atoms with van der Waals surface area (Å²) in [5.41, 5.74) is 0. The summed E-state index contributed by atoms with van der Waals surface area (Å²) in [7, 11) is -28.2. The molecule has 0 aromatic rings. The van der Waals surface area contributed by atoms with Crippen LogP contribution in [0.3, 0.4) is 0 Å². The fourth-order valence-electron chi connectivity index (χ4n) is 0. The van der Waals surface area contributed by atoms with Crippen LogP contribution in [0, 0.1) is 0 Å². The molecule has 0 rings (SSSR count). The van der Waals surface area contributed by atoms with Gasteiger partial charge in [0.2, 0.25) is 0 Å². The van der Waals surface area contributed by atoms with Gasteiger partial charge < -0.3 is 93.5 Å². The van der Waals surface area contributed by atoms with Gasteiger partial charge in [-0.15, -0.1) is 0 Å². The van der Waals surface area contributed by atoms with Crippen LogP contribution in [0.4, 0.5) is 0 Å². The Bertz CT molecular complexity index is 452. The third-order valence-electron chi connectivity index (χ3n) is 0. The molecule has 0 heterocycles. The van der Waals surface area contributed by atoms with Crippen molar-refractivity contribution in [2.75, 3.05) is 0 Å². The third kappa shape index (κ3) is 27000. The van der Waals surface area contributed by atoms with Gasteiger partial charge in [-0.1, -0.05) is 0 Å². The maximum absolute atomic E-state index is 8.74. The first-order valence-electron chi connectivity index (χ1n) is 5.86. The zero-order chi connectivity index (χ0) is 32.2. The summed E-state index contributed by atoms with van der Waals surface area (Å²) in [6, 6.07) is 0. The van der Waals surface area contributed by atoms with Crippen molar-refractivity contribution in [2.45, 2.75) is 0 Å². The third-order valence-corrected chi connectivity index (χ3v) is 0. The molecule has 0 aromatic carbocycles. The van der Waals surface area contributed by atoms with Crippen LogP contribution in [0.15, 0.2) is 0 Å². The van der Waals surface area contributed by atoms with Crippen LogP contribution >= 0.6 is 0 Å². The van der Waals surface area contributed by atoms with E-state index < -0.39 is 82.5 Å². The van der Waals surface area contributed by atoms with E-state index in [1.54, 1.807) is 0 Å². The van der Waals surface area contributed by atoms with Crippen molar-refractivity contribution in [3.8, 4) is 0 Å². The molecule has 0 aliphatic heterocycles. The second-order valence-electron chi connectivity index (χ2n) is 2.54. The fraction of sp³-hybridized carbons (Fsp3) is 0. The normalized spacial score (nSPS) is 5.27. The van der Waals surface area contributed by atoms with E-state index in [2.05, 4.69) is 0 Å². The zero-order valence-corrected chi connectivity index (χ0v) is 40.2. The summed E-state index contributed by atoms with van der Waals surface area (Å²) in [5, 5.41) is 0. The van der Waals surface area contributed by atoms with Gasteiger partial charge in [0.25, 0.3) is 0 Å². The summed E-state index contributed by atoms with van der Waals surface area (Å²) in [6.45, 7) is 0. The minimum Gasteiger partial charge on any atom is -1.00 e. The molecule has 0 aromatic heterocycles. The minimum absolute atomic E-state index is 0. The van der Waals surface area contributed by atoms with Crippen LogP contribution in [-0.2, 0) is 40.2 Å². The van der Waals surface area contributed by atoms with Gasteiger partial charge in [0, 0.05) is 0 Å². The van der Waals surface area contributed by atoms with Gasteiger partial charge in [-0.2, -0.15) is 0 Å². The summed E-state index contributed by atoms with van der Waals surface area (Å²) in [4.78, 5) is 129. The van der Waals surface area contributed by atoms with Gasteiger partial charge >= 0.3 is 230 Å². The molecule has 0 fully saturated rings. The molecule has 0 aliphatic rings. The zero-order valence-electron chi connectivity index (χ0n) is 26.2. The average Bonchev–Trinajstić information content (AvgIpc) is 2.39. The summed E-state index contributed by atoms with van der Waals surface area (Å²) < 4.78 is 78.7. The molecule has 0 bridgehead atoms. The topological polar surface area (TPSA) is 518 Å². The molecule has 226 valence electrons. The van der Waals surface area contributed by atoms with E-state index >= 15 is 0 Å². The summed E-state index contributed by atoms with van der Waals surface area (Å²) in [6.07, 6.45) is 0. The van der Waals surface area contributed by atoms with Gasteiger partial charge in [-0.25, -0.2) is 0 Å². The maximum atomic E-state index is 8.74. The quantitative estimate of drug-likeness (QED) is 0.101. The molecule has 0 saturated carbocycles. The Hall–Kier alpha value is 1.55. The Balaban J connectivity index is -0.0000000102. The molecule has 0 radical (unpaired) electrons. The van der Waals surface area contributed by atoms with Crippen LogP contribution in [-0.4, -0.2) is 169 Å². The fourth-order valence-corrected chi connectivity index (χ4v) is 0. The molecule has 0 unspecified atom stereocenters. The van der Waals surface area contributed by atoms with E-state index in [1.807, 2.05) is 0 Å². The Labute approximate surface area is 358 Å². The van der Waals surface area contributed by atoms with Crippen LogP contribution < -0.4 is 148 Å². The van der Waals surface area contributed by atoms with Gasteiger partial charge in [0.1, 0.15) is 0 Å². The van der Waals surface area contributed by atoms with Crippen molar-refractivity contribution in [2.24, 2.45) is 0 Å². The van der Waals surface area contributed by atoms with Crippen molar-refractivity contribution < 1.29 is 281 Å². The smallest absolute Gasteiger partial charge is 1.00 e. The van der Waals surface area contributed by atoms with Crippen molar-refractivity contribution in [1.82, 2.24) is 0 Å². The summed E-state index contributed by atoms with van der Waals surface area (Å²) in [5.74, 6) is 0. The standard InChI is InChI=1S/5Na.9H2O3Si.5H/c;;;;;9*1-4(2)3;;;;;/h;;;;;9*1-2H;;;;;/q5*+1;;;;;;;;;;5*-1. The Kier molecular flexibility index (Phi) is 184. The van der Waals surface area contributed by atoms with Crippen LogP contribution in [0.25, 0.3) is 0 Å². The predicted octanol–water partition coefficient (Wildman–Crippen LogP) is -28.9. The van der Waals surface area contributed by atoms with Gasteiger partial charge in [-0.3, -0.25) is 40.2 Å². The first-order valence-corrected chi connectivity index (χ1v) is 17.6. The van der Waals surface area contributed by atoms with Crippen LogP contribution in [0.5, 0.6) is 0 Å². The Morgan fingerprint density at radius 3 is 0.195 bits per heavy atom. The molecular weight excluding hydrogens is 800 g/mol. The first kappa shape index (κ1) is 90.1. The number of hydrogen-bond acceptors (Lipinski definition) is 9. The molecule has 41 heteroatoms. The minimum atomic E-state index is -3.13. The van der Waals surface area contributed by atoms with E-state index in [0.717, 1.165) is 0 Å². The van der Waals surface area contributed by atoms with Crippen molar-refractivity contribution >= 4 is 82.5 Å². The maximum Gasteiger partial charge on any atom is 1.00 e. The largest absolute Gasteiger partial charge is 1.00 e. The van der Waals surface area contributed by atoms with Crippen molar-refractivity contribution in [1.29, 1.82) is 0 Å². The van der Waals surface area contributed by atoms with Crippen molar-refractivity contribution in [3.63, 3.8) is 0 Å². The molecule has 0 amide bonds. The van der Waals surface area contributed by atoms with Crippen LogP contribution in [0.2, 0.25) is 0 Å². The van der Waals surface area contributed by atoms with E-state index in [0.29, 0.717) is 0 Å². The molecule has 0 saturated heterocycles. The first-order chi connectivity index (χ1) is 15.6. The molecule has 0 atom stereocenters. The van der Waals surface area contributed by atoms with Gasteiger partial charge in [-0.05, 0) is 0 Å². The van der Waals surface area contributed by atoms with Crippen LogP contribution in [0.1, 0.15) is 7.13 Å². The predicted molar refractivity (Wildman–Crippen MR) is 103 cm³/mol. The number of hydrogen-bond donors (Lipinski definition) is 18. The molecule has 27 nitrogen and oxygen atoms in total. The molecular formula is H23Na5O27Si9. The van der Waals surface area contributed by atoms with Gasteiger partial charge in [0.05, 0.1) is 0 Å². The van der Waals surface area contributed by atoms with E-state index in [4.69, 9.17) is 126 Å². The molecule has 0 aliphatic carbocycles.